The van der Waals surface area contributed by atoms with E-state index >= 15 is 0 Å². The van der Waals surface area contributed by atoms with Gasteiger partial charge in [-0.2, -0.15) is 5.10 Å². The summed E-state index contributed by atoms with van der Waals surface area (Å²) in [5, 5.41) is 6.43. The lowest BCUT2D eigenvalue weighted by Gasteiger charge is -1.96. The second kappa shape index (κ2) is 3.16. The number of amides is 1. The molecule has 5 nitrogen and oxygen atoms in total. The maximum absolute atomic E-state index is 10.7. The molecule has 0 fully saturated rings. The van der Waals surface area contributed by atoms with Crippen molar-refractivity contribution in [3.05, 3.63) is 12.4 Å². The molecule has 3 N–H and O–H groups in total. The van der Waals surface area contributed by atoms with Gasteiger partial charge < -0.3 is 11.1 Å². The Morgan fingerprint density at radius 2 is 2.64 bits per heavy atom. The van der Waals surface area contributed by atoms with Crippen molar-refractivity contribution in [1.82, 2.24) is 9.78 Å². The maximum Gasteiger partial charge on any atom is 0.238 e. The minimum absolute atomic E-state index is 0.00507. The van der Waals surface area contributed by atoms with Crippen LogP contribution in [0.15, 0.2) is 12.4 Å². The molecular formula is C6H10N4O. The third-order valence-corrected chi connectivity index (χ3v) is 1.17. The van der Waals surface area contributed by atoms with E-state index in [4.69, 9.17) is 5.73 Å². The van der Waals surface area contributed by atoms with E-state index in [1.807, 2.05) is 0 Å². The van der Waals surface area contributed by atoms with Gasteiger partial charge in [-0.25, -0.2) is 0 Å². The first-order valence-corrected chi connectivity index (χ1v) is 3.21. The summed E-state index contributed by atoms with van der Waals surface area (Å²) in [6, 6.07) is 0. The van der Waals surface area contributed by atoms with E-state index in [9.17, 15) is 4.79 Å². The number of nitrogens with one attached hydrogen (secondary N) is 1. The molecular weight excluding hydrogens is 144 g/mol. The van der Waals surface area contributed by atoms with Crippen LogP contribution in [0.3, 0.4) is 0 Å². The molecule has 11 heavy (non-hydrogen) atoms. The monoisotopic (exact) mass is 154 g/mol. The molecule has 0 radical (unpaired) electrons. The van der Waals surface area contributed by atoms with Crippen LogP contribution in [0.2, 0.25) is 0 Å². The molecule has 1 aromatic rings. The third-order valence-electron chi connectivity index (χ3n) is 1.17. The van der Waals surface area contributed by atoms with Gasteiger partial charge in [-0.15, -0.1) is 0 Å². The van der Waals surface area contributed by atoms with E-state index < -0.39 is 0 Å². The van der Waals surface area contributed by atoms with E-state index in [2.05, 4.69) is 10.4 Å². The molecule has 0 unspecified atom stereocenters. The molecule has 1 rings (SSSR count). The highest BCUT2D eigenvalue weighted by atomic mass is 16.1. The van der Waals surface area contributed by atoms with Crippen molar-refractivity contribution in [3.63, 3.8) is 0 Å². The molecule has 0 bridgehead atoms. The van der Waals surface area contributed by atoms with Crippen LogP contribution in [0, 0.1) is 0 Å². The second-order valence-electron chi connectivity index (χ2n) is 2.15. The van der Waals surface area contributed by atoms with Gasteiger partial charge in [0.2, 0.25) is 5.91 Å². The van der Waals surface area contributed by atoms with E-state index in [0.717, 1.165) is 0 Å². The molecule has 0 spiro atoms. The van der Waals surface area contributed by atoms with Gasteiger partial charge in [-0.05, 0) is 0 Å². The van der Waals surface area contributed by atoms with E-state index in [1.165, 1.54) is 0 Å². The summed E-state index contributed by atoms with van der Waals surface area (Å²) >= 11 is 0. The van der Waals surface area contributed by atoms with Gasteiger partial charge in [0.1, 0.15) is 0 Å². The van der Waals surface area contributed by atoms with Gasteiger partial charge in [0, 0.05) is 13.2 Å². The van der Waals surface area contributed by atoms with Gasteiger partial charge in [0.25, 0.3) is 0 Å². The number of rotatable bonds is 2. The van der Waals surface area contributed by atoms with Crippen molar-refractivity contribution >= 4 is 11.6 Å². The van der Waals surface area contributed by atoms with Crippen LogP contribution >= 0.6 is 0 Å². The number of nitrogens with zero attached hydrogens (tertiary/aromatic N) is 2. The zero-order valence-electron chi connectivity index (χ0n) is 6.24. The Bertz CT molecular complexity index is 255. The molecule has 0 saturated carbocycles. The number of aryl methyl sites for hydroxylation is 1. The molecule has 0 atom stereocenters. The van der Waals surface area contributed by atoms with Crippen LogP contribution in [-0.2, 0) is 11.8 Å². The van der Waals surface area contributed by atoms with Crippen LogP contribution in [-0.4, -0.2) is 22.2 Å². The first kappa shape index (κ1) is 7.74. The minimum Gasteiger partial charge on any atom is -0.322 e. The predicted octanol–water partition coefficient (Wildman–Crippen LogP) is -0.683. The van der Waals surface area contributed by atoms with Crippen molar-refractivity contribution in [2.75, 3.05) is 11.9 Å². The summed E-state index contributed by atoms with van der Waals surface area (Å²) in [4.78, 5) is 10.7. The van der Waals surface area contributed by atoms with Crippen molar-refractivity contribution in [2.24, 2.45) is 12.8 Å². The van der Waals surface area contributed by atoms with Crippen molar-refractivity contribution in [2.45, 2.75) is 0 Å². The average Bonchev–Trinajstić information content (AvgIpc) is 2.35. The van der Waals surface area contributed by atoms with Crippen LogP contribution in [0.5, 0.6) is 0 Å². The fourth-order valence-corrected chi connectivity index (χ4v) is 0.698. The third kappa shape index (κ3) is 2.05. The van der Waals surface area contributed by atoms with Crippen molar-refractivity contribution < 1.29 is 4.79 Å². The topological polar surface area (TPSA) is 72.9 Å². The van der Waals surface area contributed by atoms with Crippen LogP contribution < -0.4 is 11.1 Å². The highest BCUT2D eigenvalue weighted by Gasteiger charge is 1.99. The summed E-state index contributed by atoms with van der Waals surface area (Å²) in [7, 11) is 1.78. The normalized spacial score (nSPS) is 9.64. The molecule has 0 aromatic carbocycles. The Morgan fingerprint density at radius 3 is 3.09 bits per heavy atom. The van der Waals surface area contributed by atoms with Crippen molar-refractivity contribution in [1.29, 1.82) is 0 Å². The molecule has 0 aliphatic heterocycles. The lowest BCUT2D eigenvalue weighted by molar-refractivity contribution is -0.114. The minimum atomic E-state index is -0.210. The first-order valence-electron chi connectivity index (χ1n) is 3.21. The van der Waals surface area contributed by atoms with Crippen molar-refractivity contribution in [3.8, 4) is 0 Å². The fourth-order valence-electron chi connectivity index (χ4n) is 0.698. The standard InChI is InChI=1S/C6H10N4O/c1-10-4-5(3-8-10)9-6(11)2-7/h3-4H,2,7H2,1H3,(H,9,11). The Hall–Kier alpha value is -1.36. The number of anilines is 1. The van der Waals surface area contributed by atoms with E-state index in [0.29, 0.717) is 5.69 Å². The molecule has 0 aliphatic carbocycles. The zero-order chi connectivity index (χ0) is 8.27. The van der Waals surface area contributed by atoms with Gasteiger partial charge in [-0.1, -0.05) is 0 Å². The smallest absolute Gasteiger partial charge is 0.238 e. The first-order chi connectivity index (χ1) is 5.22. The van der Waals surface area contributed by atoms with Gasteiger partial charge in [-0.3, -0.25) is 9.48 Å². The molecule has 1 heterocycles. The molecule has 60 valence electrons. The maximum atomic E-state index is 10.7. The average molecular weight is 154 g/mol. The van der Waals surface area contributed by atoms with Gasteiger partial charge >= 0.3 is 0 Å². The second-order valence-corrected chi connectivity index (χ2v) is 2.15. The Morgan fingerprint density at radius 1 is 1.91 bits per heavy atom. The van der Waals surface area contributed by atoms with Crippen LogP contribution in [0.25, 0.3) is 0 Å². The number of hydrogen-bond acceptors (Lipinski definition) is 3. The SMILES string of the molecule is Cn1cc(NC(=O)CN)cn1. The number of hydrogen-bond donors (Lipinski definition) is 2. The van der Waals surface area contributed by atoms with Gasteiger partial charge in [0.15, 0.2) is 0 Å². The quantitative estimate of drug-likeness (QED) is 0.592. The Balaban J connectivity index is 2.57. The highest BCUT2D eigenvalue weighted by Crippen LogP contribution is 2.01. The summed E-state index contributed by atoms with van der Waals surface area (Å²) in [6.45, 7) is -0.00507. The summed E-state index contributed by atoms with van der Waals surface area (Å²) in [6.07, 6.45) is 3.26. The van der Waals surface area contributed by atoms with E-state index in [1.54, 1.807) is 24.1 Å². The molecule has 1 aromatic heterocycles. The number of aromatic nitrogens is 2. The summed E-state index contributed by atoms with van der Waals surface area (Å²) < 4.78 is 1.60. The number of carbonyl (C=O) groups excluding carboxylic acids is 1. The lowest BCUT2D eigenvalue weighted by Crippen LogP contribution is -2.21. The van der Waals surface area contributed by atoms with Crippen LogP contribution in [0.4, 0.5) is 5.69 Å². The zero-order valence-corrected chi connectivity index (χ0v) is 6.24. The molecule has 1 amide bonds. The predicted molar refractivity (Wildman–Crippen MR) is 40.9 cm³/mol. The largest absolute Gasteiger partial charge is 0.322 e. The van der Waals surface area contributed by atoms with Gasteiger partial charge in [0.05, 0.1) is 18.4 Å². The molecule has 5 heteroatoms. The van der Waals surface area contributed by atoms with Crippen LogP contribution in [0.1, 0.15) is 0 Å². The number of carbonyl (C=O) groups is 1. The summed E-state index contributed by atoms with van der Waals surface area (Å²) in [5.41, 5.74) is 5.76. The lowest BCUT2D eigenvalue weighted by atomic mass is 10.5. The fraction of sp³-hybridized carbons (Fsp3) is 0.333. The summed E-state index contributed by atoms with van der Waals surface area (Å²) in [5.74, 6) is -0.210. The number of nitrogens with two attached hydrogens (primary N) is 1. The Kier molecular flexibility index (Phi) is 2.22. The highest BCUT2D eigenvalue weighted by molar-refractivity contribution is 5.91. The molecule has 0 aliphatic rings. The van der Waals surface area contributed by atoms with E-state index in [-0.39, 0.29) is 12.5 Å². The Labute approximate surface area is 64.2 Å². The molecule has 0 saturated heterocycles.